The van der Waals surface area contributed by atoms with Gasteiger partial charge < -0.3 is 0 Å². The van der Waals surface area contributed by atoms with Crippen LogP contribution < -0.4 is 0 Å². The van der Waals surface area contributed by atoms with E-state index >= 15 is 0 Å². The Labute approximate surface area is 106 Å². The molecule has 0 aromatic carbocycles. The zero-order chi connectivity index (χ0) is 9.94. The minimum absolute atomic E-state index is 0.630. The monoisotopic (exact) mass is 204 g/mol. The molecule has 0 N–H and O–H groups in total. The summed E-state index contributed by atoms with van der Waals surface area (Å²) < 4.78 is 30.2. The van der Waals surface area contributed by atoms with Crippen molar-refractivity contribution in [3.63, 3.8) is 0 Å². The Balaban J connectivity index is 0.000000261. The van der Waals surface area contributed by atoms with Gasteiger partial charge in [0.25, 0.3) is 0 Å². The van der Waals surface area contributed by atoms with Crippen molar-refractivity contribution < 1.29 is 12.9 Å². The molecule has 0 aliphatic heterocycles. The zero-order valence-electron chi connectivity index (χ0n) is 8.07. The molecule has 1 saturated carbocycles. The number of hydrogen-bond donors (Lipinski definition) is 0. The summed E-state index contributed by atoms with van der Waals surface area (Å²) in [6.45, 7) is 7.09. The molecule has 0 aromatic rings. The quantitative estimate of drug-likeness (QED) is 0.532. The average molecular weight is 204 g/mol. The summed E-state index contributed by atoms with van der Waals surface area (Å²) in [5, 5.41) is 0. The van der Waals surface area contributed by atoms with E-state index < -0.39 is 7.54 Å². The van der Waals surface area contributed by atoms with Crippen molar-refractivity contribution in [3.8, 4) is 0 Å². The summed E-state index contributed by atoms with van der Waals surface area (Å²) in [5.74, 6) is 1.10. The summed E-state index contributed by atoms with van der Waals surface area (Å²) in [7, 11) is -3.67. The van der Waals surface area contributed by atoms with Gasteiger partial charge in [0.05, 0.1) is 0 Å². The molecule has 0 bridgehead atoms. The third-order valence-electron chi connectivity index (χ3n) is 2.22. The van der Waals surface area contributed by atoms with E-state index in [1.54, 1.807) is 6.42 Å². The Morgan fingerprint density at radius 3 is 1.50 bits per heavy atom. The Morgan fingerprint density at radius 1 is 1.25 bits per heavy atom. The van der Waals surface area contributed by atoms with Gasteiger partial charge in [-0.1, -0.05) is 0 Å². The largest absolute Gasteiger partial charge is 0.762 e. The molecule has 1 aliphatic carbocycles. The van der Waals surface area contributed by atoms with E-state index in [1.807, 2.05) is 0 Å². The fraction of sp³-hybridized carbons (Fsp3) is 1.00. The molecule has 0 saturated heterocycles. The van der Waals surface area contributed by atoms with Gasteiger partial charge in [-0.2, -0.15) is 0 Å². The van der Waals surface area contributed by atoms with Gasteiger partial charge in [0.1, 0.15) is 0 Å². The Morgan fingerprint density at radius 2 is 1.50 bits per heavy atom. The number of hydrogen-bond acceptors (Lipinski definition) is 0. The molecule has 2 atom stereocenters. The van der Waals surface area contributed by atoms with E-state index in [2.05, 4.69) is 20.8 Å². The van der Waals surface area contributed by atoms with Crippen LogP contribution in [-0.2, 0) is 0 Å². The van der Waals surface area contributed by atoms with Gasteiger partial charge in [0, 0.05) is 0 Å². The summed E-state index contributed by atoms with van der Waals surface area (Å²) in [4.78, 5) is 0. The maximum atomic E-state index is 9.67. The van der Waals surface area contributed by atoms with Crippen LogP contribution in [0, 0.1) is 11.3 Å². The first-order valence-corrected chi connectivity index (χ1v) is 5.97. The minimum Gasteiger partial charge on any atom is -0.254 e. The summed E-state index contributed by atoms with van der Waals surface area (Å²) in [5.41, 5.74) is 0.630. The van der Waals surface area contributed by atoms with E-state index in [0.717, 1.165) is 54.9 Å². The van der Waals surface area contributed by atoms with Crippen LogP contribution in [0.1, 0.15) is 27.2 Å². The molecule has 0 spiro atoms. The van der Waals surface area contributed by atoms with Gasteiger partial charge in [-0.05, 0) is 0 Å². The molecule has 1 aliphatic rings. The van der Waals surface area contributed by atoms with Gasteiger partial charge in [-0.25, -0.2) is 0 Å². The van der Waals surface area contributed by atoms with Crippen LogP contribution in [0.15, 0.2) is 0 Å². The van der Waals surface area contributed by atoms with Crippen molar-refractivity contribution >= 4 is 56.5 Å². The summed E-state index contributed by atoms with van der Waals surface area (Å²) in [6.07, 6.45) is 1.55. The van der Waals surface area contributed by atoms with Crippen molar-refractivity contribution in [1.82, 2.24) is 0 Å². The molecule has 0 aromatic heterocycles. The van der Waals surface area contributed by atoms with Crippen LogP contribution in [0.4, 0.5) is 12.9 Å². The first-order valence-electron chi connectivity index (χ1n) is 4.17. The van der Waals surface area contributed by atoms with Crippen LogP contribution in [-0.4, -0.2) is 56.5 Å². The molecule has 0 heterocycles. The van der Waals surface area contributed by atoms with E-state index in [1.165, 1.54) is 0.0125 Å². The number of halogens is 3. The Hall–Kier alpha value is 1.49. The Bertz CT molecular complexity index is 132. The molecule has 66 valence electrons. The second-order valence-corrected chi connectivity index (χ2v) is 6.75. The van der Waals surface area contributed by atoms with Crippen molar-refractivity contribution in [2.24, 2.45) is 11.3 Å². The fourth-order valence-electron chi connectivity index (χ4n) is 1.53. The molecule has 5 heteroatoms. The summed E-state index contributed by atoms with van der Waals surface area (Å²) in [6, 6.07) is 0. The maximum Gasteiger partial charge on any atom is 0.762 e. The molecule has 0 unspecified atom stereocenters. The van der Waals surface area contributed by atoms with Gasteiger partial charge in [-0.3, -0.25) is 12.9 Å². The van der Waals surface area contributed by atoms with Crippen LogP contribution in [0.3, 0.4) is 0 Å². The van der Waals surface area contributed by atoms with E-state index in [0.29, 0.717) is 5.41 Å². The minimum atomic E-state index is -3.67. The summed E-state index contributed by atoms with van der Waals surface area (Å²) >= 11 is 1.10. The Kier molecular flexibility index (Phi) is 6.06. The van der Waals surface area contributed by atoms with Crippen molar-refractivity contribution in [2.75, 3.05) is 0 Å². The second-order valence-electron chi connectivity index (χ2n) is 4.43. The standard InChI is InChI=1S/C7H13.BF3.K/c1-7(2,3)6-4-5-6;2-1(3)4;/h4,6H,5H2,1-3H3;;/t6-;;/m0../s1. The van der Waals surface area contributed by atoms with Gasteiger partial charge >= 0.3 is 95.0 Å². The molecule has 1 fully saturated rings. The average Bonchev–Trinajstić information content (AvgIpc) is 2.41. The van der Waals surface area contributed by atoms with Crippen molar-refractivity contribution in [2.45, 2.75) is 27.2 Å². The molecule has 0 radical (unpaired) electrons. The first-order chi connectivity index (χ1) is 5.25. The smallest absolute Gasteiger partial charge is 0.254 e. The van der Waals surface area contributed by atoms with E-state index in [-0.39, 0.29) is 0 Å². The molecule has 0 nitrogen and oxygen atoms in total. The zero-order valence-corrected chi connectivity index (χ0v) is 11.2. The molecular formula is C7H13BF3K. The molecule has 1 rings (SSSR count). The van der Waals surface area contributed by atoms with Crippen molar-refractivity contribution in [1.29, 1.82) is 0 Å². The van der Waals surface area contributed by atoms with E-state index in [9.17, 15) is 12.9 Å². The van der Waals surface area contributed by atoms with E-state index in [4.69, 9.17) is 0 Å². The SMILES string of the molecule is CC(C)(C)[C@@H]1C[C@H]1[K].FB(F)F. The fourth-order valence-corrected chi connectivity index (χ4v) is 3.88. The first kappa shape index (κ1) is 13.5. The van der Waals surface area contributed by atoms with Crippen LogP contribution in [0.25, 0.3) is 0 Å². The second kappa shape index (κ2) is 5.39. The van der Waals surface area contributed by atoms with Gasteiger partial charge in [0.2, 0.25) is 0 Å². The normalized spacial score (nSPS) is 27.3. The third kappa shape index (κ3) is 6.95. The van der Waals surface area contributed by atoms with Crippen molar-refractivity contribution in [3.05, 3.63) is 0 Å². The third-order valence-corrected chi connectivity index (χ3v) is 4.21. The molecular weight excluding hydrogens is 191 g/mol. The molecule has 12 heavy (non-hydrogen) atoms. The van der Waals surface area contributed by atoms with Crippen LogP contribution in [0.2, 0.25) is 0.0125 Å². The van der Waals surface area contributed by atoms with Gasteiger partial charge in [-0.15, -0.1) is 0 Å². The predicted molar refractivity (Wildman–Crippen MR) is 46.1 cm³/mol. The number of rotatable bonds is 0. The van der Waals surface area contributed by atoms with Crippen LogP contribution in [0.5, 0.6) is 0 Å². The van der Waals surface area contributed by atoms with Gasteiger partial charge in [0.15, 0.2) is 0 Å². The predicted octanol–water partition coefficient (Wildman–Crippen LogP) is 2.89. The van der Waals surface area contributed by atoms with Crippen LogP contribution >= 0.6 is 0 Å². The molecule has 0 amide bonds. The topological polar surface area (TPSA) is 0 Å². The maximum absolute atomic E-state index is 9.67.